The van der Waals surface area contributed by atoms with Gasteiger partial charge < -0.3 is 5.32 Å². The topological polar surface area (TPSA) is 85.1 Å². The first-order valence-electron chi connectivity index (χ1n) is 9.75. The van der Waals surface area contributed by atoms with E-state index in [2.05, 4.69) is 31.9 Å². The lowest BCUT2D eigenvalue weighted by Gasteiger charge is -2.11. The van der Waals surface area contributed by atoms with Gasteiger partial charge in [-0.25, -0.2) is 23.3 Å². The normalized spacial score (nSPS) is 17.1. The van der Waals surface area contributed by atoms with Gasteiger partial charge in [-0.2, -0.15) is 5.10 Å². The van der Waals surface area contributed by atoms with E-state index in [0.29, 0.717) is 17.6 Å². The Morgan fingerprint density at radius 3 is 2.77 bits per heavy atom. The van der Waals surface area contributed by atoms with Crippen molar-refractivity contribution < 1.29 is 13.6 Å². The van der Waals surface area contributed by atoms with Crippen molar-refractivity contribution in [3.05, 3.63) is 60.8 Å². The maximum atomic E-state index is 13.2. The number of halogens is 2. The predicted octanol–water partition coefficient (Wildman–Crippen LogP) is 3.97. The Labute approximate surface area is 175 Å². The summed E-state index contributed by atoms with van der Waals surface area (Å²) in [5.41, 5.74) is 5.00. The summed E-state index contributed by atoms with van der Waals surface area (Å²) >= 11 is 0. The zero-order valence-electron chi connectivity index (χ0n) is 16.6. The van der Waals surface area contributed by atoms with Gasteiger partial charge >= 0.3 is 0 Å². The van der Waals surface area contributed by atoms with E-state index in [4.69, 9.17) is 0 Å². The van der Waals surface area contributed by atoms with Gasteiger partial charge in [0.15, 0.2) is 5.65 Å². The van der Waals surface area contributed by atoms with Crippen LogP contribution in [-0.4, -0.2) is 36.4 Å². The van der Waals surface area contributed by atoms with Crippen LogP contribution in [0.3, 0.4) is 0 Å². The van der Waals surface area contributed by atoms with Crippen LogP contribution >= 0.6 is 0 Å². The molecule has 4 heterocycles. The molecule has 1 aliphatic rings. The van der Waals surface area contributed by atoms with E-state index in [0.717, 1.165) is 27.8 Å². The highest BCUT2D eigenvalue weighted by molar-refractivity contribution is 5.97. The molecule has 1 fully saturated rings. The van der Waals surface area contributed by atoms with Crippen LogP contribution in [0.4, 0.5) is 14.6 Å². The third-order valence-corrected chi connectivity index (χ3v) is 5.43. The Kier molecular flexibility index (Phi) is 4.28. The van der Waals surface area contributed by atoms with E-state index in [1.807, 2.05) is 25.3 Å². The molecular formula is C22H18F2N6O. The second-order valence-electron chi connectivity index (χ2n) is 7.67. The van der Waals surface area contributed by atoms with Crippen molar-refractivity contribution in [2.45, 2.75) is 25.7 Å². The fourth-order valence-corrected chi connectivity index (χ4v) is 3.70. The Bertz CT molecular complexity index is 1360. The molecule has 0 bridgehead atoms. The Morgan fingerprint density at radius 2 is 2.06 bits per heavy atom. The molecule has 9 heteroatoms. The van der Waals surface area contributed by atoms with Crippen LogP contribution in [0.1, 0.15) is 17.7 Å². The summed E-state index contributed by atoms with van der Waals surface area (Å²) in [5.74, 6) is -4.76. The average Bonchev–Trinajstić information content (AvgIpc) is 3.13. The molecule has 7 nitrogen and oxygen atoms in total. The summed E-state index contributed by atoms with van der Waals surface area (Å²) in [6.07, 6.45) is 6.89. The number of pyridine rings is 3. The van der Waals surface area contributed by atoms with Gasteiger partial charge in [-0.15, -0.1) is 6.58 Å². The van der Waals surface area contributed by atoms with Gasteiger partial charge in [0.05, 0.1) is 5.52 Å². The van der Waals surface area contributed by atoms with Crippen LogP contribution in [0.5, 0.6) is 0 Å². The molecule has 1 unspecified atom stereocenters. The van der Waals surface area contributed by atoms with Gasteiger partial charge in [0.2, 0.25) is 5.91 Å². The van der Waals surface area contributed by atoms with Crippen molar-refractivity contribution in [2.24, 2.45) is 5.92 Å². The number of fused-ring (bicyclic) bond motifs is 3. The first kappa shape index (κ1) is 19.2. The van der Waals surface area contributed by atoms with E-state index in [9.17, 15) is 13.6 Å². The first-order chi connectivity index (χ1) is 14.9. The Balaban J connectivity index is 1.57. The largest absolute Gasteiger partial charge is 0.310 e. The van der Waals surface area contributed by atoms with Crippen LogP contribution in [0.15, 0.2) is 49.6 Å². The highest BCUT2D eigenvalue weighted by atomic mass is 19.3. The number of amides is 1. The van der Waals surface area contributed by atoms with Gasteiger partial charge in [0.25, 0.3) is 5.92 Å². The third kappa shape index (κ3) is 3.31. The van der Waals surface area contributed by atoms with Crippen LogP contribution in [0.25, 0.3) is 27.7 Å². The van der Waals surface area contributed by atoms with E-state index in [1.165, 1.54) is 6.33 Å². The van der Waals surface area contributed by atoms with E-state index in [-0.39, 0.29) is 5.82 Å². The molecule has 5 rings (SSSR count). The SMILES string of the molecule is C=CCc1cc(C)c(-c2cc3cnc(NC(=O)C4CC4(F)F)cc3n3ncnc23)cn1. The van der Waals surface area contributed by atoms with Crippen molar-refractivity contribution in [3.63, 3.8) is 0 Å². The molecule has 31 heavy (non-hydrogen) atoms. The predicted molar refractivity (Wildman–Crippen MR) is 112 cm³/mol. The number of nitrogens with zero attached hydrogens (tertiary/aromatic N) is 5. The molecule has 4 aromatic rings. The molecule has 1 aliphatic carbocycles. The lowest BCUT2D eigenvalue weighted by atomic mass is 10.0. The average molecular weight is 420 g/mol. The van der Waals surface area contributed by atoms with Crippen LogP contribution in [0.2, 0.25) is 0 Å². The molecule has 0 radical (unpaired) electrons. The number of hydrogen-bond donors (Lipinski definition) is 1. The maximum Gasteiger partial charge on any atom is 0.260 e. The van der Waals surface area contributed by atoms with Crippen LogP contribution in [0, 0.1) is 12.8 Å². The van der Waals surface area contributed by atoms with Crippen LogP contribution in [-0.2, 0) is 11.2 Å². The zero-order chi connectivity index (χ0) is 21.8. The fraction of sp³-hybridized carbons (Fsp3) is 0.227. The van der Waals surface area contributed by atoms with E-state index < -0.39 is 24.2 Å². The number of aryl methyl sites for hydroxylation is 1. The molecule has 0 saturated heterocycles. The summed E-state index contributed by atoms with van der Waals surface area (Å²) in [6.45, 7) is 5.75. The number of anilines is 1. The molecule has 4 aromatic heterocycles. The van der Waals surface area contributed by atoms with Gasteiger partial charge in [0, 0.05) is 53.5 Å². The van der Waals surface area contributed by atoms with E-state index >= 15 is 0 Å². The van der Waals surface area contributed by atoms with Gasteiger partial charge in [-0.05, 0) is 24.6 Å². The van der Waals surface area contributed by atoms with Gasteiger partial charge in [-0.1, -0.05) is 6.08 Å². The highest BCUT2D eigenvalue weighted by Gasteiger charge is 2.61. The van der Waals surface area contributed by atoms with E-state index in [1.54, 1.807) is 22.9 Å². The molecule has 1 N–H and O–H groups in total. The van der Waals surface area contributed by atoms with Gasteiger partial charge in [-0.3, -0.25) is 9.78 Å². The number of alkyl halides is 2. The molecular weight excluding hydrogens is 402 g/mol. The minimum atomic E-state index is -2.93. The fourth-order valence-electron chi connectivity index (χ4n) is 3.70. The number of hydrogen-bond acceptors (Lipinski definition) is 5. The number of aromatic nitrogens is 5. The van der Waals surface area contributed by atoms with Gasteiger partial charge in [0.1, 0.15) is 18.1 Å². The number of carbonyl (C=O) groups is 1. The summed E-state index contributed by atoms with van der Waals surface area (Å²) in [6, 6.07) is 5.56. The summed E-state index contributed by atoms with van der Waals surface area (Å²) in [4.78, 5) is 25.1. The van der Waals surface area contributed by atoms with Crippen molar-refractivity contribution in [1.29, 1.82) is 0 Å². The highest BCUT2D eigenvalue weighted by Crippen LogP contribution is 2.49. The quantitative estimate of drug-likeness (QED) is 0.494. The van der Waals surface area contributed by atoms with Crippen molar-refractivity contribution in [1.82, 2.24) is 24.6 Å². The minimum Gasteiger partial charge on any atom is -0.310 e. The van der Waals surface area contributed by atoms with Crippen LogP contribution < -0.4 is 5.32 Å². The second kappa shape index (κ2) is 6.90. The molecule has 0 aromatic carbocycles. The summed E-state index contributed by atoms with van der Waals surface area (Å²) < 4.78 is 28.0. The molecule has 1 atom stereocenters. The van der Waals surface area contributed by atoms with Crippen molar-refractivity contribution >= 4 is 28.3 Å². The Morgan fingerprint density at radius 1 is 1.26 bits per heavy atom. The second-order valence-corrected chi connectivity index (χ2v) is 7.67. The monoisotopic (exact) mass is 420 g/mol. The third-order valence-electron chi connectivity index (χ3n) is 5.43. The molecule has 1 amide bonds. The Hall–Kier alpha value is -3.75. The maximum absolute atomic E-state index is 13.2. The summed E-state index contributed by atoms with van der Waals surface area (Å²) in [7, 11) is 0. The lowest BCUT2D eigenvalue weighted by molar-refractivity contribution is -0.119. The number of carbonyl (C=O) groups excluding carboxylic acids is 1. The lowest BCUT2D eigenvalue weighted by Crippen LogP contribution is -2.18. The molecule has 0 spiro atoms. The zero-order valence-corrected chi connectivity index (χ0v) is 16.6. The molecule has 0 aliphatic heterocycles. The number of rotatable bonds is 5. The van der Waals surface area contributed by atoms with Crippen molar-refractivity contribution in [2.75, 3.05) is 5.32 Å². The first-order valence-corrected chi connectivity index (χ1v) is 9.75. The number of allylic oxidation sites excluding steroid dienone is 1. The molecule has 156 valence electrons. The van der Waals surface area contributed by atoms with Crippen molar-refractivity contribution in [3.8, 4) is 11.1 Å². The molecule has 1 saturated carbocycles. The number of nitrogens with one attached hydrogen (secondary N) is 1. The standard InChI is InChI=1S/C22H18F2N6O/c1-3-4-14-5-12(2)16(10-25-14)15-6-13-9-26-19(29-21(31)17-8-22(17,23)24)7-18(13)30-20(15)27-11-28-30/h3,5-7,9-11,17H,1,4,8H2,2H3,(H,26,29,31). The summed E-state index contributed by atoms with van der Waals surface area (Å²) in [5, 5.41) is 7.55. The minimum absolute atomic E-state index is 0.191. The smallest absolute Gasteiger partial charge is 0.260 e.